The van der Waals surface area contributed by atoms with Gasteiger partial charge < -0.3 is 5.11 Å². The lowest BCUT2D eigenvalue weighted by atomic mass is 9.79. The van der Waals surface area contributed by atoms with E-state index in [9.17, 15) is 18.3 Å². The molecule has 1 rings (SSSR count). The first kappa shape index (κ1) is 13.1. The molecule has 0 amide bonds. The molecule has 1 aliphatic carbocycles. The first-order valence-electron chi connectivity index (χ1n) is 4.97. The summed E-state index contributed by atoms with van der Waals surface area (Å²) >= 11 is 3.94. The van der Waals surface area contributed by atoms with Gasteiger partial charge in [-0.1, -0.05) is 0 Å². The van der Waals surface area contributed by atoms with Crippen molar-refractivity contribution in [3.63, 3.8) is 0 Å². The van der Waals surface area contributed by atoms with Crippen LogP contribution in [0.5, 0.6) is 0 Å². The molecule has 0 spiro atoms. The van der Waals surface area contributed by atoms with Gasteiger partial charge in [0.15, 0.2) is 0 Å². The number of thiol groups is 1. The molecular formula is C9H16F3NOS. The molecule has 1 unspecified atom stereocenters. The Balaban J connectivity index is 2.78. The second-order valence-corrected chi connectivity index (χ2v) is 4.91. The fourth-order valence-electron chi connectivity index (χ4n) is 2.00. The minimum Gasteiger partial charge on any atom is -0.393 e. The van der Waals surface area contributed by atoms with Crippen LogP contribution in [0.3, 0.4) is 0 Å². The Morgan fingerprint density at radius 3 is 2.20 bits per heavy atom. The summed E-state index contributed by atoms with van der Waals surface area (Å²) in [5.74, 6) is 0. The minimum absolute atomic E-state index is 0.0808. The van der Waals surface area contributed by atoms with E-state index in [1.165, 1.54) is 0 Å². The summed E-state index contributed by atoms with van der Waals surface area (Å²) in [4.78, 5) is 0. The van der Waals surface area contributed by atoms with Crippen molar-refractivity contribution in [2.24, 2.45) is 0 Å². The van der Waals surface area contributed by atoms with Gasteiger partial charge in [0.25, 0.3) is 0 Å². The summed E-state index contributed by atoms with van der Waals surface area (Å²) in [6, 6.07) is 0. The maximum atomic E-state index is 12.9. The van der Waals surface area contributed by atoms with Gasteiger partial charge in [-0.05, 0) is 32.6 Å². The van der Waals surface area contributed by atoms with Crippen molar-refractivity contribution in [2.75, 3.05) is 0 Å². The van der Waals surface area contributed by atoms with E-state index in [1.54, 1.807) is 6.92 Å². The second kappa shape index (κ2) is 4.51. The molecule has 0 heterocycles. The molecule has 0 radical (unpaired) electrons. The smallest absolute Gasteiger partial charge is 0.393 e. The quantitative estimate of drug-likeness (QED) is 0.512. The van der Waals surface area contributed by atoms with E-state index < -0.39 is 23.2 Å². The van der Waals surface area contributed by atoms with Gasteiger partial charge in [0.2, 0.25) is 0 Å². The molecule has 1 atom stereocenters. The Kier molecular flexibility index (Phi) is 3.95. The normalized spacial score (nSPS) is 35.2. The Morgan fingerprint density at radius 1 is 1.40 bits per heavy atom. The van der Waals surface area contributed by atoms with Crippen LogP contribution in [0.1, 0.15) is 32.6 Å². The van der Waals surface area contributed by atoms with Crippen molar-refractivity contribution in [3.8, 4) is 0 Å². The van der Waals surface area contributed by atoms with Crippen molar-refractivity contribution in [2.45, 2.75) is 55.8 Å². The lowest BCUT2D eigenvalue weighted by molar-refractivity contribution is -0.210. The average Bonchev–Trinajstić information content (AvgIpc) is 2.06. The molecular weight excluding hydrogens is 227 g/mol. The van der Waals surface area contributed by atoms with Gasteiger partial charge in [0.05, 0.1) is 6.10 Å². The van der Waals surface area contributed by atoms with Crippen LogP contribution in [-0.2, 0) is 0 Å². The number of nitrogens with one attached hydrogen (secondary N) is 1. The predicted octanol–water partition coefficient (Wildman–Crippen LogP) is 2.09. The van der Waals surface area contributed by atoms with Crippen LogP contribution in [0, 0.1) is 0 Å². The van der Waals surface area contributed by atoms with E-state index in [2.05, 4.69) is 17.9 Å². The first-order chi connectivity index (χ1) is 6.77. The van der Waals surface area contributed by atoms with Crippen molar-refractivity contribution in [1.82, 2.24) is 5.32 Å². The van der Waals surface area contributed by atoms with Gasteiger partial charge >= 0.3 is 6.18 Å². The van der Waals surface area contributed by atoms with E-state index >= 15 is 0 Å². The summed E-state index contributed by atoms with van der Waals surface area (Å²) in [7, 11) is 0. The van der Waals surface area contributed by atoms with Crippen molar-refractivity contribution in [1.29, 1.82) is 0 Å². The molecule has 0 aromatic heterocycles. The van der Waals surface area contributed by atoms with Gasteiger partial charge in [-0.15, -0.1) is 0 Å². The Labute approximate surface area is 92.6 Å². The van der Waals surface area contributed by atoms with Crippen LogP contribution in [0.4, 0.5) is 13.2 Å². The third-order valence-corrected chi connectivity index (χ3v) is 2.97. The SMILES string of the molecule is CC(S)N[C@]1(C(F)(F)F)CC[C@H](O)CC1. The fourth-order valence-corrected chi connectivity index (χ4v) is 2.25. The highest BCUT2D eigenvalue weighted by Gasteiger charge is 2.55. The molecule has 0 aromatic rings. The number of alkyl halides is 3. The third-order valence-electron chi connectivity index (χ3n) is 2.84. The molecule has 2 nitrogen and oxygen atoms in total. The first-order valence-corrected chi connectivity index (χ1v) is 5.49. The van der Waals surface area contributed by atoms with Gasteiger partial charge in [-0.2, -0.15) is 25.8 Å². The zero-order valence-corrected chi connectivity index (χ0v) is 9.41. The fraction of sp³-hybridized carbons (Fsp3) is 1.00. The molecule has 1 aliphatic rings. The second-order valence-electron chi connectivity index (χ2n) is 4.13. The molecule has 15 heavy (non-hydrogen) atoms. The maximum Gasteiger partial charge on any atom is 0.406 e. The molecule has 0 aromatic carbocycles. The predicted molar refractivity (Wildman–Crippen MR) is 54.8 cm³/mol. The van der Waals surface area contributed by atoms with Crippen LogP contribution in [0.2, 0.25) is 0 Å². The summed E-state index contributed by atoms with van der Waals surface area (Å²) in [6.07, 6.45) is -4.67. The third kappa shape index (κ3) is 3.01. The van der Waals surface area contributed by atoms with Crippen LogP contribution in [0.15, 0.2) is 0 Å². The Morgan fingerprint density at radius 2 is 1.87 bits per heavy atom. The molecule has 0 bridgehead atoms. The van der Waals surface area contributed by atoms with Gasteiger partial charge in [-0.25, -0.2) is 0 Å². The molecule has 0 aliphatic heterocycles. The van der Waals surface area contributed by atoms with Crippen LogP contribution >= 0.6 is 12.6 Å². The molecule has 6 heteroatoms. The maximum absolute atomic E-state index is 12.9. The van der Waals surface area contributed by atoms with E-state index in [0.717, 1.165) is 0 Å². The van der Waals surface area contributed by atoms with E-state index in [-0.39, 0.29) is 25.7 Å². The zero-order valence-electron chi connectivity index (χ0n) is 8.51. The minimum atomic E-state index is -4.29. The lowest BCUT2D eigenvalue weighted by Gasteiger charge is -2.42. The number of hydrogen-bond donors (Lipinski definition) is 3. The summed E-state index contributed by atoms with van der Waals surface area (Å²) in [5, 5.41) is 11.2. The standard InChI is InChI=1S/C9H16F3NOS/c1-6(15)13-8(9(10,11)12)4-2-7(14)3-5-8/h6-7,13-15H,2-5H2,1H3/t6?,7-,8+. The van der Waals surface area contributed by atoms with Gasteiger partial charge in [-0.3, -0.25) is 5.32 Å². The highest BCUT2D eigenvalue weighted by molar-refractivity contribution is 7.80. The van der Waals surface area contributed by atoms with Crippen LogP contribution in [0.25, 0.3) is 0 Å². The highest BCUT2D eigenvalue weighted by atomic mass is 32.1. The van der Waals surface area contributed by atoms with Crippen molar-refractivity contribution >= 4 is 12.6 Å². The van der Waals surface area contributed by atoms with Gasteiger partial charge in [0.1, 0.15) is 5.54 Å². The van der Waals surface area contributed by atoms with E-state index in [4.69, 9.17) is 0 Å². The summed E-state index contributed by atoms with van der Waals surface area (Å²) in [5.41, 5.74) is -1.87. The van der Waals surface area contributed by atoms with E-state index in [0.29, 0.717) is 0 Å². The largest absolute Gasteiger partial charge is 0.406 e. The number of aliphatic hydroxyl groups excluding tert-OH is 1. The highest BCUT2D eigenvalue weighted by Crippen LogP contribution is 2.42. The van der Waals surface area contributed by atoms with E-state index in [1.807, 2.05) is 0 Å². The van der Waals surface area contributed by atoms with Crippen molar-refractivity contribution < 1.29 is 18.3 Å². The van der Waals surface area contributed by atoms with Crippen molar-refractivity contribution in [3.05, 3.63) is 0 Å². The summed E-state index contributed by atoms with van der Waals surface area (Å²) < 4.78 is 38.7. The molecule has 1 saturated carbocycles. The monoisotopic (exact) mass is 243 g/mol. The molecule has 0 saturated heterocycles. The lowest BCUT2D eigenvalue weighted by Crippen LogP contribution is -2.60. The topological polar surface area (TPSA) is 32.3 Å². The molecule has 1 fully saturated rings. The zero-order chi connectivity index (χ0) is 11.7. The number of aliphatic hydroxyl groups is 1. The number of halogens is 3. The Bertz CT molecular complexity index is 212. The number of rotatable bonds is 2. The molecule has 90 valence electrons. The number of hydrogen-bond acceptors (Lipinski definition) is 3. The van der Waals surface area contributed by atoms with Gasteiger partial charge in [0, 0.05) is 5.37 Å². The van der Waals surface area contributed by atoms with Crippen LogP contribution < -0.4 is 5.32 Å². The Hall–Kier alpha value is 0.0600. The molecule has 2 N–H and O–H groups in total. The summed E-state index contributed by atoms with van der Waals surface area (Å²) in [6.45, 7) is 1.57. The van der Waals surface area contributed by atoms with Crippen LogP contribution in [-0.4, -0.2) is 28.3 Å². The average molecular weight is 243 g/mol.